The largest absolute Gasteiger partial charge is 0.391 e. The van der Waals surface area contributed by atoms with Gasteiger partial charge in [0.15, 0.2) is 5.82 Å². The molecule has 1 fully saturated rings. The zero-order valence-electron chi connectivity index (χ0n) is 38.8. The Balaban J connectivity index is 0.832. The maximum absolute atomic E-state index is 14.1. The van der Waals surface area contributed by atoms with Crippen LogP contribution >= 0.6 is 34.3 Å². The van der Waals surface area contributed by atoms with E-state index in [1.54, 1.807) is 29.0 Å². The molecule has 1 saturated heterocycles. The maximum Gasteiger partial charge on any atom is 0.246 e. The number of aliphatic hydroxyl groups is 1. The Morgan fingerprint density at radius 1 is 0.955 bits per heavy atom. The number of fused-ring (bicyclic) bond motifs is 3. The lowest BCUT2D eigenvalue weighted by Gasteiger charge is -2.35. The molecule has 0 spiro atoms. The number of hydrogen-bond acceptors (Lipinski definition) is 13. The van der Waals surface area contributed by atoms with E-state index in [-0.39, 0.29) is 63.6 Å². The third-order valence-electron chi connectivity index (χ3n) is 11.9. The van der Waals surface area contributed by atoms with E-state index in [1.807, 2.05) is 93.2 Å². The van der Waals surface area contributed by atoms with Crippen molar-refractivity contribution in [1.29, 1.82) is 0 Å². The molecule has 16 nitrogen and oxygen atoms in total. The minimum Gasteiger partial charge on any atom is -0.391 e. The number of likely N-dealkylation sites (tertiary alicyclic amines) is 1. The average molecular weight is 973 g/mol. The number of thiophene rings is 1. The number of aromatic nitrogens is 4. The van der Waals surface area contributed by atoms with Gasteiger partial charge in [0.1, 0.15) is 36.1 Å². The van der Waals surface area contributed by atoms with Crippen LogP contribution in [0.25, 0.3) is 15.4 Å². The normalized spacial score (nSPS) is 17.8. The SMILES string of the molecule is Cc1ncsc1-c1ccc([C@H](C)NC(=O)[C@@H]2C[C@@H](O)CN2C(=O)[C@@H](NC(=O)COCCCOCCNC(=O)C[C@@H]2N=C(c3ccc(Cl)cc3)c3c(sc(C)c3C)-n3cnnc32)C(C)(C)C)cc1. The number of ether oxygens (including phenoxy) is 2. The van der Waals surface area contributed by atoms with Crippen molar-refractivity contribution in [3.8, 4) is 15.4 Å². The number of rotatable bonds is 18. The van der Waals surface area contributed by atoms with E-state index in [2.05, 4.69) is 45.0 Å². The molecule has 3 aromatic heterocycles. The molecule has 4 amide bonds. The smallest absolute Gasteiger partial charge is 0.246 e. The Morgan fingerprint density at radius 3 is 2.37 bits per heavy atom. The molecule has 0 bridgehead atoms. The second-order valence-corrected chi connectivity index (χ2v) is 20.5. The molecule has 0 saturated carbocycles. The van der Waals surface area contributed by atoms with E-state index < -0.39 is 41.5 Å². The Morgan fingerprint density at radius 2 is 1.67 bits per heavy atom. The lowest BCUT2D eigenvalue weighted by atomic mass is 9.85. The standard InChI is InChI=1S/C48H58ClN9O7S2/c1-27-30(4)67-47-40(27)41(32-13-15-34(49)16-14-32)54-36(44-56-52-25-58(44)47)22-38(60)50-17-20-64-18-8-19-65-24-39(61)55-43(48(5,6)7)46(63)57-23-35(59)21-37(57)45(62)53-28(2)31-9-11-33(12-10-31)42-29(3)51-26-66-42/h9-16,25-26,28,35-37,43,59H,8,17-24H2,1-7H3,(H,50,60)(H,53,62)(H,55,61)/t28-,35+,36-,37-,43+/m0/s1. The number of hydrogen-bond donors (Lipinski definition) is 4. The van der Waals surface area contributed by atoms with Gasteiger partial charge in [-0.2, -0.15) is 0 Å². The van der Waals surface area contributed by atoms with Gasteiger partial charge in [-0.25, -0.2) is 4.98 Å². The molecule has 19 heteroatoms. The van der Waals surface area contributed by atoms with Crippen molar-refractivity contribution in [2.75, 3.05) is 39.5 Å². The molecule has 2 aliphatic heterocycles. The van der Waals surface area contributed by atoms with Gasteiger partial charge in [-0.3, -0.25) is 28.7 Å². The van der Waals surface area contributed by atoms with E-state index in [4.69, 9.17) is 26.1 Å². The number of amides is 4. The molecular weight excluding hydrogens is 914 g/mol. The molecule has 5 aromatic rings. The Bertz CT molecular complexity index is 2590. The van der Waals surface area contributed by atoms with Gasteiger partial charge in [0, 0.05) is 53.8 Å². The summed E-state index contributed by atoms with van der Waals surface area (Å²) in [6.07, 6.45) is 1.40. The molecule has 2 aromatic carbocycles. The third kappa shape index (κ3) is 11.8. The molecule has 7 rings (SSSR count). The highest BCUT2D eigenvalue weighted by atomic mass is 35.5. The number of β-amino-alcohol motifs (C(OH)–C–C–N with tert-alkyl or cyclic N) is 1. The van der Waals surface area contributed by atoms with Crippen LogP contribution < -0.4 is 16.0 Å². The van der Waals surface area contributed by atoms with Gasteiger partial charge in [0.05, 0.1) is 47.0 Å². The molecule has 0 radical (unpaired) electrons. The molecule has 5 heterocycles. The second-order valence-electron chi connectivity index (χ2n) is 18.0. The maximum atomic E-state index is 14.1. The van der Waals surface area contributed by atoms with Gasteiger partial charge in [0.2, 0.25) is 23.6 Å². The number of aryl methyl sites for hydroxylation is 2. The summed E-state index contributed by atoms with van der Waals surface area (Å²) in [5, 5.41) is 29.5. The van der Waals surface area contributed by atoms with Crippen molar-refractivity contribution in [3.05, 3.63) is 104 Å². The minimum absolute atomic E-state index is 0.0299. The first-order valence-electron chi connectivity index (χ1n) is 22.3. The topological polar surface area (TPSA) is 202 Å². The lowest BCUT2D eigenvalue weighted by molar-refractivity contribution is -0.144. The van der Waals surface area contributed by atoms with Crippen LogP contribution in [0.3, 0.4) is 0 Å². The number of thiazole rings is 1. The van der Waals surface area contributed by atoms with E-state index in [1.165, 1.54) is 4.90 Å². The van der Waals surface area contributed by atoms with E-state index in [0.717, 1.165) is 54.0 Å². The van der Waals surface area contributed by atoms with Crippen LogP contribution in [0.4, 0.5) is 0 Å². The highest BCUT2D eigenvalue weighted by Crippen LogP contribution is 2.39. The minimum atomic E-state index is -0.983. The van der Waals surface area contributed by atoms with E-state index in [9.17, 15) is 24.3 Å². The van der Waals surface area contributed by atoms with Crippen molar-refractivity contribution in [2.24, 2.45) is 10.4 Å². The van der Waals surface area contributed by atoms with Crippen molar-refractivity contribution in [3.63, 3.8) is 0 Å². The molecule has 0 unspecified atom stereocenters. The molecule has 356 valence electrons. The number of nitrogens with one attached hydrogen (secondary N) is 3. The van der Waals surface area contributed by atoms with Crippen molar-refractivity contribution in [1.82, 2.24) is 40.6 Å². The van der Waals surface area contributed by atoms with E-state index >= 15 is 0 Å². The Labute approximate surface area is 403 Å². The summed E-state index contributed by atoms with van der Waals surface area (Å²) in [5.74, 6) is -0.949. The van der Waals surface area contributed by atoms with Gasteiger partial charge in [0.25, 0.3) is 0 Å². The predicted molar refractivity (Wildman–Crippen MR) is 259 cm³/mol. The first-order valence-corrected chi connectivity index (χ1v) is 24.4. The number of aliphatic imine (C=N–C) groups is 1. The number of nitrogens with zero attached hydrogens (tertiary/aromatic N) is 6. The van der Waals surface area contributed by atoms with Crippen LogP contribution in [-0.4, -0.2) is 117 Å². The molecule has 5 atom stereocenters. The van der Waals surface area contributed by atoms with Crippen LogP contribution in [0.15, 0.2) is 65.4 Å². The van der Waals surface area contributed by atoms with Crippen LogP contribution in [0.5, 0.6) is 0 Å². The monoisotopic (exact) mass is 971 g/mol. The van der Waals surface area contributed by atoms with Gasteiger partial charge in [-0.05, 0) is 68.4 Å². The Hall–Kier alpha value is -5.37. The van der Waals surface area contributed by atoms with Crippen molar-refractivity contribution >= 4 is 63.6 Å². The van der Waals surface area contributed by atoms with Crippen LogP contribution in [0, 0.1) is 26.2 Å². The highest BCUT2D eigenvalue weighted by Gasteiger charge is 2.45. The van der Waals surface area contributed by atoms with Crippen molar-refractivity contribution in [2.45, 2.75) is 98.0 Å². The molecule has 4 N–H and O–H groups in total. The van der Waals surface area contributed by atoms with Crippen molar-refractivity contribution < 1.29 is 33.8 Å². The van der Waals surface area contributed by atoms with Gasteiger partial charge in [-0.1, -0.05) is 68.8 Å². The first-order chi connectivity index (χ1) is 32.0. The summed E-state index contributed by atoms with van der Waals surface area (Å²) in [6, 6.07) is 12.6. The quantitative estimate of drug-likeness (QED) is 0.0731. The summed E-state index contributed by atoms with van der Waals surface area (Å²) >= 11 is 9.42. The van der Waals surface area contributed by atoms with Crippen LogP contribution in [0.1, 0.15) is 97.7 Å². The molecule has 2 aliphatic rings. The number of aliphatic hydroxyl groups excluding tert-OH is 1. The third-order valence-corrected chi connectivity index (χ3v) is 14.4. The van der Waals surface area contributed by atoms with Gasteiger partial charge >= 0.3 is 0 Å². The summed E-state index contributed by atoms with van der Waals surface area (Å²) < 4.78 is 13.3. The number of carbonyl (C=O) groups is 4. The lowest BCUT2D eigenvalue weighted by Crippen LogP contribution is -2.58. The first kappa shape index (κ1) is 49.5. The number of halogens is 1. The van der Waals surface area contributed by atoms with Crippen LogP contribution in [-0.2, 0) is 28.7 Å². The highest BCUT2D eigenvalue weighted by molar-refractivity contribution is 7.15. The molecular formula is C48H58ClN9O7S2. The Kier molecular flexibility index (Phi) is 16.1. The van der Waals surface area contributed by atoms with Gasteiger partial charge in [-0.15, -0.1) is 32.9 Å². The zero-order chi connectivity index (χ0) is 48.0. The van der Waals surface area contributed by atoms with Crippen LogP contribution in [0.2, 0.25) is 5.02 Å². The average Bonchev–Trinajstić information content (AvgIpc) is 4.09. The summed E-state index contributed by atoms with van der Waals surface area (Å²) in [7, 11) is 0. The summed E-state index contributed by atoms with van der Waals surface area (Å²) in [6.45, 7) is 14.3. The zero-order valence-corrected chi connectivity index (χ0v) is 41.2. The predicted octanol–water partition coefficient (Wildman–Crippen LogP) is 6.22. The summed E-state index contributed by atoms with van der Waals surface area (Å²) in [4.78, 5) is 67.1. The second kappa shape index (κ2) is 21.7. The molecule has 0 aliphatic carbocycles. The van der Waals surface area contributed by atoms with Gasteiger partial charge < -0.3 is 35.4 Å². The fourth-order valence-corrected chi connectivity index (χ4v) is 10.3. The van der Waals surface area contributed by atoms with E-state index in [0.29, 0.717) is 23.9 Å². The molecule has 67 heavy (non-hydrogen) atoms. The summed E-state index contributed by atoms with van der Waals surface area (Å²) in [5.41, 5.74) is 7.74. The fraction of sp³-hybridized carbons (Fsp3) is 0.458. The fourth-order valence-electron chi connectivity index (χ4n) is 8.19. The number of carbonyl (C=O) groups excluding carboxylic acids is 4. The number of benzene rings is 2.